The number of rotatable bonds is 7. The van der Waals surface area contributed by atoms with Crippen LogP contribution in [0.25, 0.3) is 17.0 Å². The summed E-state index contributed by atoms with van der Waals surface area (Å²) >= 11 is 1.60. The number of anilines is 1. The number of fused-ring (bicyclic) bond motifs is 1. The molecule has 4 aromatic rings. The summed E-state index contributed by atoms with van der Waals surface area (Å²) in [5.41, 5.74) is 7.75. The van der Waals surface area contributed by atoms with Gasteiger partial charge in [0.25, 0.3) is 5.91 Å². The van der Waals surface area contributed by atoms with E-state index < -0.39 is 5.91 Å². The molecular formula is C18H16N6O2S. The van der Waals surface area contributed by atoms with E-state index in [2.05, 4.69) is 20.6 Å². The molecule has 8 nitrogen and oxygen atoms in total. The van der Waals surface area contributed by atoms with Crippen molar-refractivity contribution in [3.63, 3.8) is 0 Å². The number of benzene rings is 1. The summed E-state index contributed by atoms with van der Waals surface area (Å²) in [4.78, 5) is 10.8. The average molecular weight is 380 g/mol. The van der Waals surface area contributed by atoms with Gasteiger partial charge in [0.15, 0.2) is 18.1 Å². The van der Waals surface area contributed by atoms with E-state index in [1.165, 1.54) is 0 Å². The highest BCUT2D eigenvalue weighted by Gasteiger charge is 2.10. The number of carbonyl (C=O) groups is 1. The first-order chi connectivity index (χ1) is 13.2. The maximum absolute atomic E-state index is 10.8. The van der Waals surface area contributed by atoms with Gasteiger partial charge in [-0.2, -0.15) is 15.9 Å². The second-order valence-electron chi connectivity index (χ2n) is 5.78. The number of hydrogen-bond donors (Lipinski definition) is 2. The van der Waals surface area contributed by atoms with Gasteiger partial charge in [-0.1, -0.05) is 12.1 Å². The second-order valence-corrected chi connectivity index (χ2v) is 6.56. The minimum absolute atomic E-state index is 0.145. The number of carbonyl (C=O) groups excluding carboxylic acids is 1. The second kappa shape index (κ2) is 7.42. The molecule has 0 aliphatic carbocycles. The molecule has 3 aromatic heterocycles. The van der Waals surface area contributed by atoms with E-state index in [0.717, 1.165) is 11.1 Å². The smallest absolute Gasteiger partial charge is 0.255 e. The maximum atomic E-state index is 10.8. The van der Waals surface area contributed by atoms with Crippen molar-refractivity contribution in [2.45, 2.75) is 6.54 Å². The van der Waals surface area contributed by atoms with E-state index in [1.54, 1.807) is 21.9 Å². The van der Waals surface area contributed by atoms with E-state index in [1.807, 2.05) is 47.2 Å². The third kappa shape index (κ3) is 3.87. The molecule has 1 amide bonds. The van der Waals surface area contributed by atoms with Crippen LogP contribution in [0.5, 0.6) is 5.75 Å². The largest absolute Gasteiger partial charge is 0.484 e. The van der Waals surface area contributed by atoms with Gasteiger partial charge in [0.1, 0.15) is 11.6 Å². The van der Waals surface area contributed by atoms with Crippen LogP contribution in [0.1, 0.15) is 5.56 Å². The zero-order chi connectivity index (χ0) is 18.6. The molecule has 0 aliphatic rings. The predicted molar refractivity (Wildman–Crippen MR) is 103 cm³/mol. The fourth-order valence-electron chi connectivity index (χ4n) is 2.55. The van der Waals surface area contributed by atoms with Crippen LogP contribution in [-0.2, 0) is 11.3 Å². The van der Waals surface area contributed by atoms with Gasteiger partial charge < -0.3 is 15.8 Å². The Morgan fingerprint density at radius 2 is 2.15 bits per heavy atom. The van der Waals surface area contributed by atoms with Gasteiger partial charge in [0.05, 0.1) is 0 Å². The Hall–Kier alpha value is -3.46. The summed E-state index contributed by atoms with van der Waals surface area (Å²) in [5.74, 6) is 1.49. The first-order valence-corrected chi connectivity index (χ1v) is 9.12. The van der Waals surface area contributed by atoms with Crippen LogP contribution < -0.4 is 15.8 Å². The molecule has 0 spiro atoms. The summed E-state index contributed by atoms with van der Waals surface area (Å²) in [5, 5.41) is 20.2. The number of nitrogens with one attached hydrogen (secondary N) is 1. The first-order valence-electron chi connectivity index (χ1n) is 8.18. The topological polar surface area (TPSA) is 107 Å². The van der Waals surface area contributed by atoms with Crippen LogP contribution in [0.4, 0.5) is 5.82 Å². The molecular weight excluding hydrogens is 364 g/mol. The van der Waals surface area contributed by atoms with Crippen LogP contribution in [-0.4, -0.2) is 32.3 Å². The SMILES string of the molecule is NC(=O)COc1cccc(CNc2ccc3nnc(-c4ccsc4)n3n2)c1. The monoisotopic (exact) mass is 380 g/mol. The highest BCUT2D eigenvalue weighted by atomic mass is 32.1. The third-order valence-electron chi connectivity index (χ3n) is 3.80. The quantitative estimate of drug-likeness (QED) is 0.509. The molecule has 0 bridgehead atoms. The van der Waals surface area contributed by atoms with Gasteiger partial charge in [-0.25, -0.2) is 0 Å². The number of hydrogen-bond acceptors (Lipinski definition) is 7. The molecule has 0 saturated carbocycles. The number of ether oxygens (including phenoxy) is 1. The lowest BCUT2D eigenvalue weighted by atomic mass is 10.2. The van der Waals surface area contributed by atoms with Crippen molar-refractivity contribution in [2.75, 3.05) is 11.9 Å². The summed E-state index contributed by atoms with van der Waals surface area (Å²) < 4.78 is 7.05. The van der Waals surface area contributed by atoms with Crippen molar-refractivity contribution in [1.29, 1.82) is 0 Å². The van der Waals surface area contributed by atoms with E-state index in [9.17, 15) is 4.79 Å². The van der Waals surface area contributed by atoms with Crippen LogP contribution in [0, 0.1) is 0 Å². The standard InChI is InChI=1S/C18H16N6O2S/c19-15(25)10-26-14-3-1-2-12(8-14)9-20-16-4-5-17-21-22-18(24(17)23-16)13-6-7-27-11-13/h1-8,11H,9-10H2,(H2,19,25)(H,20,23). The van der Waals surface area contributed by atoms with Gasteiger partial charge in [-0.15, -0.1) is 15.3 Å². The molecule has 0 aliphatic heterocycles. The number of aromatic nitrogens is 4. The van der Waals surface area contributed by atoms with Gasteiger partial charge in [-0.05, 0) is 41.3 Å². The zero-order valence-corrected chi connectivity index (χ0v) is 15.0. The van der Waals surface area contributed by atoms with Crippen LogP contribution in [0.15, 0.2) is 53.2 Å². The Labute approximate surface area is 158 Å². The Morgan fingerprint density at radius 1 is 1.22 bits per heavy atom. The predicted octanol–water partition coefficient (Wildman–Crippen LogP) is 2.33. The molecule has 4 rings (SSSR count). The van der Waals surface area contributed by atoms with Crippen LogP contribution in [0.2, 0.25) is 0 Å². The van der Waals surface area contributed by atoms with Crippen molar-refractivity contribution in [1.82, 2.24) is 19.8 Å². The number of nitrogens with two attached hydrogens (primary N) is 1. The Bertz CT molecular complexity index is 1080. The highest BCUT2D eigenvalue weighted by molar-refractivity contribution is 7.08. The van der Waals surface area contributed by atoms with E-state index in [0.29, 0.717) is 29.6 Å². The molecule has 0 atom stereocenters. The van der Waals surface area contributed by atoms with Crippen molar-refractivity contribution in [2.24, 2.45) is 5.73 Å². The van der Waals surface area contributed by atoms with Gasteiger partial charge in [0.2, 0.25) is 0 Å². The van der Waals surface area contributed by atoms with E-state index in [4.69, 9.17) is 10.5 Å². The Kier molecular flexibility index (Phi) is 4.67. The Balaban J connectivity index is 1.50. The molecule has 0 unspecified atom stereocenters. The number of primary amides is 1. The molecule has 3 heterocycles. The van der Waals surface area contributed by atoms with Gasteiger partial charge >= 0.3 is 0 Å². The van der Waals surface area contributed by atoms with Crippen molar-refractivity contribution >= 4 is 28.7 Å². The molecule has 27 heavy (non-hydrogen) atoms. The lowest BCUT2D eigenvalue weighted by Crippen LogP contribution is -2.20. The summed E-state index contributed by atoms with van der Waals surface area (Å²) in [6, 6.07) is 13.2. The summed E-state index contributed by atoms with van der Waals surface area (Å²) in [6.07, 6.45) is 0. The average Bonchev–Trinajstić information content (AvgIpc) is 3.34. The van der Waals surface area contributed by atoms with E-state index in [-0.39, 0.29) is 6.61 Å². The lowest BCUT2D eigenvalue weighted by Gasteiger charge is -2.08. The number of nitrogens with zero attached hydrogens (tertiary/aromatic N) is 4. The van der Waals surface area contributed by atoms with Gasteiger partial charge in [-0.3, -0.25) is 4.79 Å². The molecule has 0 fully saturated rings. The molecule has 136 valence electrons. The Morgan fingerprint density at radius 3 is 2.96 bits per heavy atom. The highest BCUT2D eigenvalue weighted by Crippen LogP contribution is 2.21. The molecule has 3 N–H and O–H groups in total. The van der Waals surface area contributed by atoms with Crippen LogP contribution >= 0.6 is 11.3 Å². The van der Waals surface area contributed by atoms with Crippen molar-refractivity contribution in [3.05, 3.63) is 58.8 Å². The summed E-state index contributed by atoms with van der Waals surface area (Å²) in [7, 11) is 0. The molecule has 0 radical (unpaired) electrons. The first kappa shape index (κ1) is 17.0. The minimum atomic E-state index is -0.508. The lowest BCUT2D eigenvalue weighted by molar-refractivity contribution is -0.119. The van der Waals surface area contributed by atoms with Crippen molar-refractivity contribution < 1.29 is 9.53 Å². The fraction of sp³-hybridized carbons (Fsp3) is 0.111. The third-order valence-corrected chi connectivity index (χ3v) is 4.48. The maximum Gasteiger partial charge on any atom is 0.255 e. The number of thiophene rings is 1. The normalized spacial score (nSPS) is 10.8. The summed E-state index contributed by atoms with van der Waals surface area (Å²) in [6.45, 7) is 0.399. The minimum Gasteiger partial charge on any atom is -0.484 e. The number of amides is 1. The molecule has 9 heteroatoms. The zero-order valence-electron chi connectivity index (χ0n) is 14.2. The van der Waals surface area contributed by atoms with Crippen LogP contribution in [0.3, 0.4) is 0 Å². The van der Waals surface area contributed by atoms with E-state index >= 15 is 0 Å². The van der Waals surface area contributed by atoms with Gasteiger partial charge in [0, 0.05) is 17.5 Å². The fourth-order valence-corrected chi connectivity index (χ4v) is 3.18. The molecule has 0 saturated heterocycles. The molecule has 1 aromatic carbocycles. The van der Waals surface area contributed by atoms with Crippen molar-refractivity contribution in [3.8, 4) is 17.1 Å².